The number of hydrogen-bond acceptors (Lipinski definition) is 5. The molecule has 41 heavy (non-hydrogen) atoms. The zero-order chi connectivity index (χ0) is 29.5. The molecule has 1 aromatic heterocycles. The summed E-state index contributed by atoms with van der Waals surface area (Å²) >= 11 is 0. The molecule has 0 N–H and O–H groups in total. The van der Waals surface area contributed by atoms with Crippen LogP contribution >= 0.6 is 7.14 Å². The first-order valence-corrected chi connectivity index (χ1v) is 15.4. The van der Waals surface area contributed by atoms with Crippen molar-refractivity contribution in [2.24, 2.45) is 0 Å². The highest BCUT2D eigenvalue weighted by molar-refractivity contribution is 7.93. The fourth-order valence-corrected chi connectivity index (χ4v) is 7.89. The molecule has 0 fully saturated rings. The summed E-state index contributed by atoms with van der Waals surface area (Å²) in [5.41, 5.74) is 8.39. The Balaban J connectivity index is 1.86. The Morgan fingerprint density at radius 1 is 0.561 bits per heavy atom. The average molecular weight is 560 g/mol. The highest BCUT2D eigenvalue weighted by Crippen LogP contribution is 2.47. The van der Waals surface area contributed by atoms with Gasteiger partial charge in [-0.3, -0.25) is 4.79 Å². The van der Waals surface area contributed by atoms with Gasteiger partial charge >= 0.3 is 0 Å². The van der Waals surface area contributed by atoms with E-state index in [-0.39, 0.29) is 5.57 Å². The predicted octanol–water partition coefficient (Wildman–Crippen LogP) is 7.52. The molecule has 5 nitrogen and oxygen atoms in total. The van der Waals surface area contributed by atoms with Gasteiger partial charge in [-0.1, -0.05) is 95.6 Å². The maximum atomic E-state index is 15.4. The van der Waals surface area contributed by atoms with Crippen molar-refractivity contribution in [3.8, 4) is 22.8 Å². The minimum Gasteiger partial charge on any atom is -0.302 e. The number of carbonyl (C=O) groups is 1. The fourth-order valence-electron chi connectivity index (χ4n) is 5.51. The molecule has 0 spiro atoms. The monoisotopic (exact) mass is 559 g/mol. The fraction of sp³-hybridized carbons (Fsp3) is 0.200. The van der Waals surface area contributed by atoms with Crippen LogP contribution in [0, 0.1) is 48.5 Å². The van der Waals surface area contributed by atoms with Gasteiger partial charge in [-0.25, -0.2) is 15.0 Å². The molecule has 0 aliphatic heterocycles. The van der Waals surface area contributed by atoms with Gasteiger partial charge < -0.3 is 4.57 Å². The molecular formula is C35H34N3O2P. The van der Waals surface area contributed by atoms with Crippen molar-refractivity contribution in [1.29, 1.82) is 0 Å². The van der Waals surface area contributed by atoms with Gasteiger partial charge in [0, 0.05) is 22.0 Å². The SMILES string of the molecule is Cc1ccc(-c2nc(-c3ccc(C)cc3C)nc(P(=O)(C(=O)c3c(C)cc(C)cc3C)c3ccccc3)n2)c(C)c1. The van der Waals surface area contributed by atoms with Gasteiger partial charge in [-0.15, -0.1) is 0 Å². The Bertz CT molecular complexity index is 1770. The second-order valence-electron chi connectivity index (χ2n) is 10.9. The van der Waals surface area contributed by atoms with E-state index >= 15 is 4.57 Å². The number of nitrogens with zero attached hydrogens (tertiary/aromatic N) is 3. The molecule has 5 rings (SSSR count). The Labute approximate surface area is 242 Å². The molecule has 0 bridgehead atoms. The molecule has 6 heteroatoms. The van der Waals surface area contributed by atoms with Crippen molar-refractivity contribution < 1.29 is 9.36 Å². The summed E-state index contributed by atoms with van der Waals surface area (Å²) in [4.78, 5) is 29.1. The van der Waals surface area contributed by atoms with Crippen molar-refractivity contribution in [1.82, 2.24) is 15.0 Å². The normalized spacial score (nSPS) is 12.7. The summed E-state index contributed by atoms with van der Waals surface area (Å²) in [7, 11) is -4.05. The molecular weight excluding hydrogens is 525 g/mol. The lowest BCUT2D eigenvalue weighted by molar-refractivity contribution is 0.107. The molecule has 4 aromatic carbocycles. The second-order valence-corrected chi connectivity index (χ2v) is 13.5. The minimum atomic E-state index is -4.05. The van der Waals surface area contributed by atoms with Crippen molar-refractivity contribution in [3.63, 3.8) is 0 Å². The van der Waals surface area contributed by atoms with E-state index in [2.05, 4.69) is 12.1 Å². The second kappa shape index (κ2) is 11.0. The Kier molecular flexibility index (Phi) is 7.59. The number of benzene rings is 4. The van der Waals surface area contributed by atoms with Crippen LogP contribution in [0.5, 0.6) is 0 Å². The predicted molar refractivity (Wildman–Crippen MR) is 168 cm³/mol. The van der Waals surface area contributed by atoms with Crippen LogP contribution in [0.3, 0.4) is 0 Å². The largest absolute Gasteiger partial charge is 0.302 e. The summed E-state index contributed by atoms with van der Waals surface area (Å²) in [6.07, 6.45) is 0. The Hall–Kier alpha value is -4.21. The van der Waals surface area contributed by atoms with E-state index in [0.717, 1.165) is 50.1 Å². The number of hydrogen-bond donors (Lipinski definition) is 0. The van der Waals surface area contributed by atoms with Gasteiger partial charge in [0.25, 0.3) is 0 Å². The Morgan fingerprint density at radius 3 is 1.49 bits per heavy atom. The lowest BCUT2D eigenvalue weighted by Gasteiger charge is -2.20. The smallest absolute Gasteiger partial charge is 0.245 e. The maximum Gasteiger partial charge on any atom is 0.245 e. The summed E-state index contributed by atoms with van der Waals surface area (Å²) < 4.78 is 15.4. The summed E-state index contributed by atoms with van der Waals surface area (Å²) in [5, 5.41) is 0.397. The molecule has 5 aromatic rings. The van der Waals surface area contributed by atoms with Crippen LogP contribution in [0.15, 0.2) is 78.9 Å². The topological polar surface area (TPSA) is 72.8 Å². The first-order chi connectivity index (χ1) is 19.5. The standard InChI is InChI=1S/C35H34N3O2P/c1-21-13-15-29(24(4)17-21)32-36-33(30-16-14-22(2)18-25(30)5)38-35(37-32)41(40,28-11-9-8-10-12-28)34(39)31-26(6)19-23(3)20-27(31)7/h8-20H,1-7H3. The zero-order valence-electron chi connectivity index (χ0n) is 24.6. The number of rotatable bonds is 6. The quantitative estimate of drug-likeness (QED) is 0.201. The summed E-state index contributed by atoms with van der Waals surface area (Å²) in [6.45, 7) is 13.8. The zero-order valence-corrected chi connectivity index (χ0v) is 25.5. The van der Waals surface area contributed by atoms with Crippen LogP contribution < -0.4 is 10.9 Å². The summed E-state index contributed by atoms with van der Waals surface area (Å²) in [6, 6.07) is 24.9. The number of aryl methyl sites for hydroxylation is 7. The van der Waals surface area contributed by atoms with E-state index in [9.17, 15) is 4.79 Å². The molecule has 0 aliphatic rings. The maximum absolute atomic E-state index is 15.4. The summed E-state index contributed by atoms with van der Waals surface area (Å²) in [5.74, 6) is 0.785. The van der Waals surface area contributed by atoms with Gasteiger partial charge in [-0.2, -0.15) is 0 Å². The van der Waals surface area contributed by atoms with Gasteiger partial charge in [0.15, 0.2) is 11.6 Å². The molecule has 0 radical (unpaired) electrons. The van der Waals surface area contributed by atoms with Crippen LogP contribution in [-0.4, -0.2) is 20.5 Å². The van der Waals surface area contributed by atoms with E-state index in [1.165, 1.54) is 0 Å². The van der Waals surface area contributed by atoms with Crippen LogP contribution in [-0.2, 0) is 4.57 Å². The third-order valence-corrected chi connectivity index (χ3v) is 10.0. The van der Waals surface area contributed by atoms with E-state index < -0.39 is 12.7 Å². The molecule has 1 heterocycles. The van der Waals surface area contributed by atoms with E-state index in [1.807, 2.05) is 90.9 Å². The number of carbonyl (C=O) groups excluding carboxylic acids is 1. The van der Waals surface area contributed by atoms with Crippen molar-refractivity contribution in [3.05, 3.63) is 123 Å². The highest BCUT2D eigenvalue weighted by atomic mass is 31.2. The van der Waals surface area contributed by atoms with Gasteiger partial charge in [0.1, 0.15) is 0 Å². The lowest BCUT2D eigenvalue weighted by atomic mass is 10.0. The molecule has 1 atom stereocenters. The molecule has 0 saturated carbocycles. The first-order valence-electron chi connectivity index (χ1n) is 13.7. The van der Waals surface area contributed by atoms with Crippen LogP contribution in [0.25, 0.3) is 22.8 Å². The first kappa shape index (κ1) is 28.3. The van der Waals surface area contributed by atoms with Crippen molar-refractivity contribution in [2.45, 2.75) is 48.5 Å². The Morgan fingerprint density at radius 2 is 1.02 bits per heavy atom. The van der Waals surface area contributed by atoms with E-state index in [4.69, 9.17) is 15.0 Å². The van der Waals surface area contributed by atoms with Crippen LogP contribution in [0.2, 0.25) is 0 Å². The molecule has 0 aliphatic carbocycles. The van der Waals surface area contributed by atoms with Crippen LogP contribution in [0.1, 0.15) is 49.3 Å². The third kappa shape index (κ3) is 5.30. The van der Waals surface area contributed by atoms with Gasteiger partial charge in [0.05, 0.1) is 0 Å². The van der Waals surface area contributed by atoms with Crippen molar-refractivity contribution >= 4 is 23.5 Å². The average Bonchev–Trinajstić information content (AvgIpc) is 2.92. The molecule has 1 unspecified atom stereocenters. The van der Waals surface area contributed by atoms with Crippen LogP contribution in [0.4, 0.5) is 0 Å². The van der Waals surface area contributed by atoms with Gasteiger partial charge in [-0.05, 0) is 70.7 Å². The van der Waals surface area contributed by atoms with Gasteiger partial charge in [0.2, 0.25) is 18.2 Å². The minimum absolute atomic E-state index is 0.00646. The molecule has 206 valence electrons. The lowest BCUT2D eigenvalue weighted by Crippen LogP contribution is -2.29. The highest BCUT2D eigenvalue weighted by Gasteiger charge is 2.41. The molecule has 0 saturated heterocycles. The van der Waals surface area contributed by atoms with E-state index in [1.54, 1.807) is 24.3 Å². The van der Waals surface area contributed by atoms with E-state index in [0.29, 0.717) is 22.5 Å². The third-order valence-electron chi connectivity index (χ3n) is 7.45. The number of aromatic nitrogens is 3. The molecule has 0 amide bonds. The van der Waals surface area contributed by atoms with Crippen molar-refractivity contribution in [2.75, 3.05) is 0 Å².